The number of rotatable bonds is 2. The van der Waals surface area contributed by atoms with Crippen LogP contribution in [0.2, 0.25) is 0 Å². The van der Waals surface area contributed by atoms with Crippen LogP contribution in [0.1, 0.15) is 33.6 Å². The number of thioether (sulfide) groups is 1. The molecule has 0 aliphatic heterocycles. The minimum absolute atomic E-state index is 0.489. The molecule has 1 rings (SSSR count). The van der Waals surface area contributed by atoms with Crippen molar-refractivity contribution < 1.29 is 0 Å². The van der Waals surface area contributed by atoms with Gasteiger partial charge >= 0.3 is 0 Å². The highest BCUT2D eigenvalue weighted by atomic mass is 32.2. The first-order chi connectivity index (χ1) is 4.08. The van der Waals surface area contributed by atoms with Gasteiger partial charge in [0.15, 0.2) is 0 Å². The Kier molecular flexibility index (Phi) is 2.10. The lowest BCUT2D eigenvalue weighted by molar-refractivity contribution is 0.797. The zero-order chi connectivity index (χ0) is 6.91. The molecular formula is C8H16S. The molecule has 1 fully saturated rings. The van der Waals surface area contributed by atoms with E-state index in [1.165, 1.54) is 18.6 Å². The van der Waals surface area contributed by atoms with E-state index in [1.54, 1.807) is 0 Å². The predicted octanol–water partition coefficient (Wildman–Crippen LogP) is 2.93. The van der Waals surface area contributed by atoms with E-state index in [1.807, 2.05) is 0 Å². The van der Waals surface area contributed by atoms with Crippen molar-refractivity contribution in [3.63, 3.8) is 0 Å². The molecule has 0 N–H and O–H groups in total. The van der Waals surface area contributed by atoms with Crippen LogP contribution in [0.15, 0.2) is 0 Å². The van der Waals surface area contributed by atoms with Crippen LogP contribution in [-0.2, 0) is 0 Å². The summed E-state index contributed by atoms with van der Waals surface area (Å²) in [4.78, 5) is 0. The standard InChI is InChI=1S/C8H16S/c1-8(2,3)9-6-7-4-5-7/h7H,4-6H2,1-3H3. The van der Waals surface area contributed by atoms with Crippen LogP contribution < -0.4 is 0 Å². The summed E-state index contributed by atoms with van der Waals surface area (Å²) in [6.07, 6.45) is 2.98. The molecule has 0 unspecified atom stereocenters. The van der Waals surface area contributed by atoms with Crippen molar-refractivity contribution in [2.45, 2.75) is 38.4 Å². The van der Waals surface area contributed by atoms with E-state index in [-0.39, 0.29) is 0 Å². The Labute approximate surface area is 62.4 Å². The van der Waals surface area contributed by atoms with Gasteiger partial charge in [-0.05, 0) is 24.5 Å². The molecule has 0 nitrogen and oxygen atoms in total. The third kappa shape index (κ3) is 3.85. The maximum absolute atomic E-state index is 2.29. The molecule has 0 saturated heterocycles. The third-order valence-corrected chi connectivity index (χ3v) is 2.95. The van der Waals surface area contributed by atoms with Crippen LogP contribution in [0.3, 0.4) is 0 Å². The van der Waals surface area contributed by atoms with Crippen molar-refractivity contribution in [3.05, 3.63) is 0 Å². The van der Waals surface area contributed by atoms with E-state index in [0.29, 0.717) is 4.75 Å². The van der Waals surface area contributed by atoms with E-state index in [9.17, 15) is 0 Å². The van der Waals surface area contributed by atoms with E-state index in [0.717, 1.165) is 5.92 Å². The summed E-state index contributed by atoms with van der Waals surface area (Å²) in [5.41, 5.74) is 0. The molecule has 0 aromatic heterocycles. The Hall–Kier alpha value is 0.350. The van der Waals surface area contributed by atoms with Crippen molar-refractivity contribution >= 4 is 11.8 Å². The average molecular weight is 144 g/mol. The van der Waals surface area contributed by atoms with Crippen LogP contribution in [0.5, 0.6) is 0 Å². The third-order valence-electron chi connectivity index (χ3n) is 1.45. The van der Waals surface area contributed by atoms with Crippen LogP contribution >= 0.6 is 11.8 Å². The normalized spacial score (nSPS) is 20.3. The largest absolute Gasteiger partial charge is 0.156 e. The zero-order valence-corrected chi connectivity index (χ0v) is 7.42. The highest BCUT2D eigenvalue weighted by Gasteiger charge is 2.23. The second-order valence-corrected chi connectivity index (χ2v) is 5.71. The van der Waals surface area contributed by atoms with Gasteiger partial charge in [-0.3, -0.25) is 0 Å². The smallest absolute Gasteiger partial charge is 0.00751 e. The van der Waals surface area contributed by atoms with Gasteiger partial charge < -0.3 is 0 Å². The molecule has 0 heterocycles. The Bertz CT molecular complexity index is 87.2. The quantitative estimate of drug-likeness (QED) is 0.574. The molecule has 1 aliphatic rings. The Morgan fingerprint density at radius 2 is 1.89 bits per heavy atom. The van der Waals surface area contributed by atoms with E-state index in [4.69, 9.17) is 0 Å². The summed E-state index contributed by atoms with van der Waals surface area (Å²) in [6.45, 7) is 6.88. The molecule has 0 bridgehead atoms. The van der Waals surface area contributed by atoms with Gasteiger partial charge in [-0.2, -0.15) is 11.8 Å². The van der Waals surface area contributed by atoms with E-state index >= 15 is 0 Å². The van der Waals surface area contributed by atoms with Crippen molar-refractivity contribution in [2.24, 2.45) is 5.92 Å². The Morgan fingerprint density at radius 3 is 2.22 bits per heavy atom. The van der Waals surface area contributed by atoms with Gasteiger partial charge in [0.1, 0.15) is 0 Å². The molecule has 0 aromatic carbocycles. The lowest BCUT2D eigenvalue weighted by Crippen LogP contribution is -2.08. The van der Waals surface area contributed by atoms with Crippen LogP contribution in [-0.4, -0.2) is 10.5 Å². The molecule has 1 heteroatoms. The van der Waals surface area contributed by atoms with Crippen molar-refractivity contribution in [1.29, 1.82) is 0 Å². The Balaban J connectivity index is 2.03. The first kappa shape index (κ1) is 7.46. The lowest BCUT2D eigenvalue weighted by atomic mass is 10.3. The molecule has 0 amide bonds. The minimum atomic E-state index is 0.489. The van der Waals surface area contributed by atoms with E-state index < -0.39 is 0 Å². The molecule has 9 heavy (non-hydrogen) atoms. The van der Waals surface area contributed by atoms with Crippen LogP contribution in [0.4, 0.5) is 0 Å². The van der Waals surface area contributed by atoms with Crippen molar-refractivity contribution in [1.82, 2.24) is 0 Å². The SMILES string of the molecule is CC(C)(C)SCC1CC1. The van der Waals surface area contributed by atoms with Crippen LogP contribution in [0.25, 0.3) is 0 Å². The number of hydrogen-bond donors (Lipinski definition) is 0. The molecular weight excluding hydrogens is 128 g/mol. The van der Waals surface area contributed by atoms with Gasteiger partial charge in [0.05, 0.1) is 0 Å². The first-order valence-corrected chi connectivity index (χ1v) is 4.70. The molecule has 1 saturated carbocycles. The van der Waals surface area contributed by atoms with Gasteiger partial charge in [-0.1, -0.05) is 20.8 Å². The predicted molar refractivity (Wildman–Crippen MR) is 44.9 cm³/mol. The fraction of sp³-hybridized carbons (Fsp3) is 1.00. The fourth-order valence-corrected chi connectivity index (χ4v) is 1.72. The summed E-state index contributed by atoms with van der Waals surface area (Å²) in [6, 6.07) is 0. The maximum atomic E-state index is 2.29. The van der Waals surface area contributed by atoms with Gasteiger partial charge in [-0.25, -0.2) is 0 Å². The van der Waals surface area contributed by atoms with Gasteiger partial charge in [0.25, 0.3) is 0 Å². The molecule has 0 spiro atoms. The highest BCUT2D eigenvalue weighted by Crippen LogP contribution is 2.36. The monoisotopic (exact) mass is 144 g/mol. The summed E-state index contributed by atoms with van der Waals surface area (Å²) in [7, 11) is 0. The molecule has 0 aromatic rings. The van der Waals surface area contributed by atoms with Crippen molar-refractivity contribution in [3.8, 4) is 0 Å². The maximum Gasteiger partial charge on any atom is 0.00751 e. The zero-order valence-electron chi connectivity index (χ0n) is 6.61. The number of hydrogen-bond acceptors (Lipinski definition) is 1. The highest BCUT2D eigenvalue weighted by molar-refractivity contribution is 8.00. The topological polar surface area (TPSA) is 0 Å². The van der Waals surface area contributed by atoms with Gasteiger partial charge in [-0.15, -0.1) is 0 Å². The van der Waals surface area contributed by atoms with Gasteiger partial charge in [0.2, 0.25) is 0 Å². The Morgan fingerprint density at radius 1 is 1.33 bits per heavy atom. The summed E-state index contributed by atoms with van der Waals surface area (Å²) >= 11 is 2.10. The molecule has 54 valence electrons. The molecule has 0 radical (unpaired) electrons. The molecule has 1 aliphatic carbocycles. The molecule has 0 atom stereocenters. The van der Waals surface area contributed by atoms with Crippen LogP contribution in [0, 0.1) is 5.92 Å². The second kappa shape index (κ2) is 2.53. The summed E-state index contributed by atoms with van der Waals surface area (Å²) in [5, 5.41) is 0. The summed E-state index contributed by atoms with van der Waals surface area (Å²) < 4.78 is 0.489. The lowest BCUT2D eigenvalue weighted by Gasteiger charge is -2.16. The summed E-state index contributed by atoms with van der Waals surface area (Å²) in [5.74, 6) is 2.47. The van der Waals surface area contributed by atoms with E-state index in [2.05, 4.69) is 32.5 Å². The van der Waals surface area contributed by atoms with Crippen molar-refractivity contribution in [2.75, 3.05) is 5.75 Å². The average Bonchev–Trinajstić information content (AvgIpc) is 2.38. The first-order valence-electron chi connectivity index (χ1n) is 3.72. The fourth-order valence-electron chi connectivity index (χ4n) is 0.652. The second-order valence-electron chi connectivity index (χ2n) is 3.87. The minimum Gasteiger partial charge on any atom is -0.156 e. The van der Waals surface area contributed by atoms with Gasteiger partial charge in [0, 0.05) is 4.75 Å².